The van der Waals surface area contributed by atoms with E-state index in [2.05, 4.69) is 18.4 Å². The summed E-state index contributed by atoms with van der Waals surface area (Å²) in [6, 6.07) is 0. The zero-order chi connectivity index (χ0) is 10.3. The monoisotopic (exact) mass is 181 g/mol. The molecule has 4 heteroatoms. The molecule has 0 aromatic carbocycles. The average molecular weight is 181 g/mol. The maximum atomic E-state index is 11.1. The van der Waals surface area contributed by atoms with Crippen molar-refractivity contribution in [2.45, 2.75) is 6.92 Å². The van der Waals surface area contributed by atoms with Crippen LogP contribution in [0.1, 0.15) is 6.92 Å². The van der Waals surface area contributed by atoms with Gasteiger partial charge < -0.3 is 10.0 Å². The normalized spacial score (nSPS) is 8.08. The van der Waals surface area contributed by atoms with E-state index in [-0.39, 0.29) is 13.1 Å². The Balaban J connectivity index is 4.36. The van der Waals surface area contributed by atoms with Crippen LogP contribution < -0.4 is 0 Å². The first-order chi connectivity index (χ1) is 6.11. The van der Waals surface area contributed by atoms with Crippen LogP contribution in [0.15, 0.2) is 12.7 Å². The molecule has 0 spiro atoms. The highest BCUT2D eigenvalue weighted by Gasteiger charge is 2.12. The summed E-state index contributed by atoms with van der Waals surface area (Å²) in [5.74, 6) is 3.12. The fraction of sp³-hybridized carbons (Fsp3) is 0.333. The van der Waals surface area contributed by atoms with Gasteiger partial charge in [-0.05, 0) is 12.8 Å². The predicted octanol–water partition coefficient (Wildman–Crippen LogP) is 0.109. The van der Waals surface area contributed by atoms with Crippen molar-refractivity contribution in [1.29, 1.82) is 0 Å². The number of carboxylic acids is 1. The van der Waals surface area contributed by atoms with Crippen molar-refractivity contribution in [3.63, 3.8) is 0 Å². The van der Waals surface area contributed by atoms with Gasteiger partial charge in [-0.3, -0.25) is 9.59 Å². The van der Waals surface area contributed by atoms with E-state index in [1.54, 1.807) is 0 Å². The Hall–Kier alpha value is -1.76. The number of carbonyl (C=O) groups is 2. The van der Waals surface area contributed by atoms with E-state index >= 15 is 0 Å². The van der Waals surface area contributed by atoms with Crippen LogP contribution in [0.5, 0.6) is 0 Å². The van der Waals surface area contributed by atoms with E-state index in [9.17, 15) is 9.59 Å². The molecular formula is C9H11NO3. The third-order valence-electron chi connectivity index (χ3n) is 1.19. The quantitative estimate of drug-likeness (QED) is 0.494. The molecule has 0 radical (unpaired) electrons. The molecule has 0 saturated heterocycles. The topological polar surface area (TPSA) is 57.6 Å². The minimum Gasteiger partial charge on any atom is -0.480 e. The number of aliphatic carboxylic acids is 1. The molecule has 4 nitrogen and oxygen atoms in total. The molecule has 0 aromatic heterocycles. The first-order valence-electron chi connectivity index (χ1n) is 3.66. The van der Waals surface area contributed by atoms with Crippen LogP contribution >= 0.6 is 0 Å². The van der Waals surface area contributed by atoms with Crippen molar-refractivity contribution in [3.8, 4) is 11.8 Å². The maximum Gasteiger partial charge on any atom is 0.323 e. The van der Waals surface area contributed by atoms with Gasteiger partial charge in [0, 0.05) is 6.54 Å². The van der Waals surface area contributed by atoms with Crippen LogP contribution in [-0.2, 0) is 9.59 Å². The summed E-state index contributed by atoms with van der Waals surface area (Å²) in [4.78, 5) is 22.5. The second kappa shape index (κ2) is 5.84. The van der Waals surface area contributed by atoms with Gasteiger partial charge in [0.2, 0.25) is 0 Å². The summed E-state index contributed by atoms with van der Waals surface area (Å²) in [5.41, 5.74) is 0. The first-order valence-corrected chi connectivity index (χ1v) is 3.66. The van der Waals surface area contributed by atoms with Gasteiger partial charge in [-0.1, -0.05) is 12.0 Å². The minimum atomic E-state index is -1.06. The molecule has 70 valence electrons. The molecular weight excluding hydrogens is 170 g/mol. The van der Waals surface area contributed by atoms with Crippen molar-refractivity contribution in [2.24, 2.45) is 0 Å². The second-order valence-electron chi connectivity index (χ2n) is 2.24. The Morgan fingerprint density at radius 3 is 2.62 bits per heavy atom. The van der Waals surface area contributed by atoms with Crippen LogP contribution in [-0.4, -0.2) is 35.0 Å². The van der Waals surface area contributed by atoms with E-state index in [1.165, 1.54) is 13.0 Å². The third-order valence-corrected chi connectivity index (χ3v) is 1.19. The number of carbonyl (C=O) groups excluding carboxylic acids is 1. The summed E-state index contributed by atoms with van der Waals surface area (Å²) < 4.78 is 0. The summed E-state index contributed by atoms with van der Waals surface area (Å²) in [7, 11) is 0. The lowest BCUT2D eigenvalue weighted by molar-refractivity contribution is -0.142. The minimum absolute atomic E-state index is 0.194. The molecule has 0 aliphatic rings. The van der Waals surface area contributed by atoms with Crippen LogP contribution in [0, 0.1) is 11.8 Å². The van der Waals surface area contributed by atoms with E-state index in [0.717, 1.165) is 4.90 Å². The van der Waals surface area contributed by atoms with Gasteiger partial charge in [0.15, 0.2) is 0 Å². The molecule has 0 atom stereocenters. The summed E-state index contributed by atoms with van der Waals surface area (Å²) in [6.07, 6.45) is 1.46. The maximum absolute atomic E-state index is 11.1. The van der Waals surface area contributed by atoms with E-state index < -0.39 is 11.9 Å². The second-order valence-corrected chi connectivity index (χ2v) is 2.24. The summed E-state index contributed by atoms with van der Waals surface area (Å²) >= 11 is 0. The molecule has 0 saturated carbocycles. The number of carboxylic acid groups (broad SMARTS) is 1. The number of amides is 1. The Labute approximate surface area is 76.8 Å². The Kier molecular flexibility index (Phi) is 5.05. The Bertz CT molecular complexity index is 272. The average Bonchev–Trinajstić information content (AvgIpc) is 2.03. The molecule has 0 aliphatic heterocycles. The largest absolute Gasteiger partial charge is 0.480 e. The number of rotatable bonds is 4. The van der Waals surface area contributed by atoms with Gasteiger partial charge in [0.05, 0.1) is 0 Å². The summed E-state index contributed by atoms with van der Waals surface area (Å²) in [6.45, 7) is 4.78. The lowest BCUT2D eigenvalue weighted by atomic mass is 10.4. The van der Waals surface area contributed by atoms with Crippen molar-refractivity contribution in [1.82, 2.24) is 4.90 Å². The highest BCUT2D eigenvalue weighted by atomic mass is 16.4. The lowest BCUT2D eigenvalue weighted by Crippen LogP contribution is -2.34. The third kappa shape index (κ3) is 4.64. The molecule has 0 aliphatic carbocycles. The predicted molar refractivity (Wildman–Crippen MR) is 47.9 cm³/mol. The van der Waals surface area contributed by atoms with E-state index in [4.69, 9.17) is 5.11 Å². The molecule has 0 heterocycles. The fourth-order valence-electron chi connectivity index (χ4n) is 0.724. The van der Waals surface area contributed by atoms with Gasteiger partial charge in [0.1, 0.15) is 6.54 Å². The van der Waals surface area contributed by atoms with Crippen molar-refractivity contribution in [2.75, 3.05) is 13.1 Å². The summed E-state index contributed by atoms with van der Waals surface area (Å²) in [5, 5.41) is 8.45. The van der Waals surface area contributed by atoms with E-state index in [1.807, 2.05) is 0 Å². The van der Waals surface area contributed by atoms with Gasteiger partial charge in [-0.2, -0.15) is 0 Å². The van der Waals surface area contributed by atoms with Crippen molar-refractivity contribution >= 4 is 11.9 Å². The molecule has 0 unspecified atom stereocenters. The van der Waals surface area contributed by atoms with Crippen molar-refractivity contribution in [3.05, 3.63) is 12.7 Å². The fourth-order valence-corrected chi connectivity index (χ4v) is 0.724. The van der Waals surface area contributed by atoms with Gasteiger partial charge in [-0.25, -0.2) is 0 Å². The van der Waals surface area contributed by atoms with Crippen molar-refractivity contribution < 1.29 is 14.7 Å². The zero-order valence-electron chi connectivity index (χ0n) is 7.41. The Morgan fingerprint density at radius 2 is 2.23 bits per heavy atom. The van der Waals surface area contributed by atoms with E-state index in [0.29, 0.717) is 0 Å². The SMILES string of the molecule is C=CCN(CC(=O)O)C(=O)C#CC. The lowest BCUT2D eigenvalue weighted by Gasteiger charge is -2.14. The number of nitrogens with zero attached hydrogens (tertiary/aromatic N) is 1. The van der Waals surface area contributed by atoms with Crippen LogP contribution in [0.3, 0.4) is 0 Å². The molecule has 0 rings (SSSR count). The number of hydrogen-bond donors (Lipinski definition) is 1. The first kappa shape index (κ1) is 11.2. The van der Waals surface area contributed by atoms with Crippen LogP contribution in [0.25, 0.3) is 0 Å². The standard InChI is InChI=1S/C9H11NO3/c1-3-5-8(11)10(6-4-2)7-9(12)13/h4H,2,6-7H2,1H3,(H,12,13). The van der Waals surface area contributed by atoms with Gasteiger partial charge in [0.25, 0.3) is 5.91 Å². The zero-order valence-corrected chi connectivity index (χ0v) is 7.41. The smallest absolute Gasteiger partial charge is 0.323 e. The van der Waals surface area contributed by atoms with Gasteiger partial charge in [-0.15, -0.1) is 6.58 Å². The molecule has 0 bridgehead atoms. The highest BCUT2D eigenvalue weighted by Crippen LogP contribution is 1.89. The molecule has 1 N–H and O–H groups in total. The number of hydrogen-bond acceptors (Lipinski definition) is 2. The Morgan fingerprint density at radius 1 is 1.62 bits per heavy atom. The molecule has 0 fully saturated rings. The molecule has 13 heavy (non-hydrogen) atoms. The molecule has 0 aromatic rings. The van der Waals surface area contributed by atoms with Crippen LogP contribution in [0.2, 0.25) is 0 Å². The highest BCUT2D eigenvalue weighted by molar-refractivity contribution is 5.95. The molecule has 1 amide bonds. The van der Waals surface area contributed by atoms with Gasteiger partial charge >= 0.3 is 5.97 Å². The van der Waals surface area contributed by atoms with Crippen LogP contribution in [0.4, 0.5) is 0 Å².